The van der Waals surface area contributed by atoms with E-state index in [2.05, 4.69) is 5.32 Å². The Morgan fingerprint density at radius 2 is 1.59 bits per heavy atom. The van der Waals surface area contributed by atoms with E-state index in [-0.39, 0.29) is 31.7 Å². The molecular weight excluding hydrogens is 486 g/mol. The number of nitrogens with zero attached hydrogens (tertiary/aromatic N) is 2. The molecule has 1 heterocycles. The zero-order chi connectivity index (χ0) is 26.4. The maximum Gasteiger partial charge on any atom is 0.416 e. The molecule has 0 aliphatic carbocycles. The third-order valence-corrected chi connectivity index (χ3v) is 6.05. The van der Waals surface area contributed by atoms with E-state index in [1.165, 1.54) is 58.3 Å². The van der Waals surface area contributed by atoms with Gasteiger partial charge in [0.1, 0.15) is 12.4 Å². The highest BCUT2D eigenvalue weighted by molar-refractivity contribution is 5.85. The van der Waals surface area contributed by atoms with E-state index in [9.17, 15) is 27.2 Å². The van der Waals surface area contributed by atoms with Gasteiger partial charge in [-0.15, -0.1) is 0 Å². The Labute approximate surface area is 212 Å². The highest BCUT2D eigenvalue weighted by Crippen LogP contribution is 2.37. The van der Waals surface area contributed by atoms with Crippen LogP contribution in [0.5, 0.6) is 0 Å². The zero-order valence-corrected chi connectivity index (χ0v) is 19.8. The first-order valence-corrected chi connectivity index (χ1v) is 11.7. The normalized spacial score (nSPS) is 17.2. The Bertz CT molecular complexity index is 1260. The molecule has 5 nitrogen and oxygen atoms in total. The lowest BCUT2D eigenvalue weighted by molar-refractivity contribution is -0.141. The number of urea groups is 1. The summed E-state index contributed by atoms with van der Waals surface area (Å²) in [5, 5.41) is 2.77. The minimum absolute atomic E-state index is 0.0431. The number of amides is 3. The fourth-order valence-electron chi connectivity index (χ4n) is 4.19. The Morgan fingerprint density at radius 1 is 0.919 bits per heavy atom. The first-order chi connectivity index (χ1) is 17.7. The van der Waals surface area contributed by atoms with Gasteiger partial charge in [-0.2, -0.15) is 13.2 Å². The van der Waals surface area contributed by atoms with Crippen molar-refractivity contribution in [1.82, 2.24) is 15.1 Å². The second-order valence-corrected chi connectivity index (χ2v) is 8.63. The van der Waals surface area contributed by atoms with Crippen molar-refractivity contribution in [3.8, 4) is 0 Å². The van der Waals surface area contributed by atoms with Crippen LogP contribution >= 0.6 is 0 Å². The summed E-state index contributed by atoms with van der Waals surface area (Å²) >= 11 is 0. The van der Waals surface area contributed by atoms with Crippen LogP contribution in [-0.2, 0) is 24.1 Å². The molecular formula is C28H25F4N3O2. The van der Waals surface area contributed by atoms with Crippen LogP contribution in [-0.4, -0.2) is 34.8 Å². The fourth-order valence-corrected chi connectivity index (χ4v) is 4.19. The van der Waals surface area contributed by atoms with Gasteiger partial charge in [-0.25, -0.2) is 9.18 Å². The minimum atomic E-state index is -4.62. The number of hydrogen-bond donors (Lipinski definition) is 1. The van der Waals surface area contributed by atoms with E-state index in [1.54, 1.807) is 6.08 Å². The van der Waals surface area contributed by atoms with Crippen molar-refractivity contribution in [1.29, 1.82) is 0 Å². The smallest absolute Gasteiger partial charge is 0.334 e. The number of alkyl halides is 3. The van der Waals surface area contributed by atoms with Crippen molar-refractivity contribution < 1.29 is 27.2 Å². The highest BCUT2D eigenvalue weighted by Gasteiger charge is 2.37. The second kappa shape index (κ2) is 11.3. The van der Waals surface area contributed by atoms with Gasteiger partial charge < -0.3 is 15.1 Å². The molecule has 0 saturated carbocycles. The molecule has 0 fully saturated rings. The molecule has 4 rings (SSSR count). The van der Waals surface area contributed by atoms with E-state index in [0.29, 0.717) is 5.56 Å². The van der Waals surface area contributed by atoms with E-state index in [0.717, 1.165) is 11.6 Å². The number of rotatable bonds is 5. The third-order valence-electron chi connectivity index (χ3n) is 6.05. The summed E-state index contributed by atoms with van der Waals surface area (Å²) in [6, 6.07) is 18.2. The van der Waals surface area contributed by atoms with Crippen molar-refractivity contribution in [2.45, 2.75) is 25.3 Å². The van der Waals surface area contributed by atoms with Crippen molar-refractivity contribution in [2.75, 3.05) is 13.1 Å². The standard InChI is InChI=1S/C28H25F4N3O2/c29-22-14-12-21(13-15-22)18-35-25(23-9-4-5-10-24(23)28(30,31)32)11-6-16-34(19-26(35)36)27(37)33-17-20-7-2-1-3-8-20/h1-15,25H,16-19H2,(H,33,37)/b11-6-/t25-/m1/s1. The molecule has 1 aliphatic heterocycles. The van der Waals surface area contributed by atoms with Crippen molar-refractivity contribution in [3.63, 3.8) is 0 Å². The average Bonchev–Trinajstić information content (AvgIpc) is 2.88. The van der Waals surface area contributed by atoms with Crippen LogP contribution in [0.2, 0.25) is 0 Å². The molecule has 1 atom stereocenters. The molecule has 192 valence electrons. The van der Waals surface area contributed by atoms with Gasteiger partial charge in [-0.05, 0) is 34.9 Å². The van der Waals surface area contributed by atoms with E-state index >= 15 is 0 Å². The quantitative estimate of drug-likeness (QED) is 0.353. The SMILES string of the molecule is O=C(NCc1ccccc1)N1C/C=C\[C@H](c2ccccc2C(F)(F)F)N(Cc2ccc(F)cc2)C(=O)C1. The Kier molecular flexibility index (Phi) is 7.91. The summed E-state index contributed by atoms with van der Waals surface area (Å²) in [6.07, 6.45) is -1.53. The predicted octanol–water partition coefficient (Wildman–Crippen LogP) is 5.70. The summed E-state index contributed by atoms with van der Waals surface area (Å²) < 4.78 is 55.0. The highest BCUT2D eigenvalue weighted by atomic mass is 19.4. The Hall–Kier alpha value is -4.14. The van der Waals surface area contributed by atoms with Crippen LogP contribution in [0.15, 0.2) is 91.0 Å². The van der Waals surface area contributed by atoms with Gasteiger partial charge in [0, 0.05) is 19.6 Å². The molecule has 1 N–H and O–H groups in total. The van der Waals surface area contributed by atoms with Crippen molar-refractivity contribution in [2.24, 2.45) is 0 Å². The summed E-state index contributed by atoms with van der Waals surface area (Å²) in [4.78, 5) is 28.9. The lowest BCUT2D eigenvalue weighted by atomic mass is 9.96. The Balaban J connectivity index is 1.64. The summed E-state index contributed by atoms with van der Waals surface area (Å²) in [7, 11) is 0. The van der Waals surface area contributed by atoms with Crippen molar-refractivity contribution >= 4 is 11.9 Å². The number of nitrogens with one attached hydrogen (secondary N) is 1. The summed E-state index contributed by atoms with van der Waals surface area (Å²) in [6.45, 7) is -0.104. The van der Waals surface area contributed by atoms with Gasteiger partial charge in [-0.3, -0.25) is 4.79 Å². The maximum absolute atomic E-state index is 13.8. The summed E-state index contributed by atoms with van der Waals surface area (Å²) in [5.74, 6) is -1.01. The number of carbonyl (C=O) groups is 2. The fraction of sp³-hybridized carbons (Fsp3) is 0.214. The van der Waals surface area contributed by atoms with Crippen LogP contribution in [0.1, 0.15) is 28.3 Å². The lowest BCUT2D eigenvalue weighted by Gasteiger charge is -2.35. The van der Waals surface area contributed by atoms with Crippen LogP contribution < -0.4 is 5.32 Å². The summed E-state index contributed by atoms with van der Waals surface area (Å²) in [5.41, 5.74) is 0.494. The number of hydrogen-bond acceptors (Lipinski definition) is 2. The van der Waals surface area contributed by atoms with Gasteiger partial charge in [0.15, 0.2) is 0 Å². The van der Waals surface area contributed by atoms with Crippen LogP contribution in [0, 0.1) is 5.82 Å². The minimum Gasteiger partial charge on any atom is -0.334 e. The Morgan fingerprint density at radius 3 is 2.30 bits per heavy atom. The number of benzene rings is 3. The molecule has 1 aliphatic rings. The largest absolute Gasteiger partial charge is 0.416 e. The van der Waals surface area contributed by atoms with Crippen LogP contribution in [0.3, 0.4) is 0 Å². The first kappa shape index (κ1) is 25.9. The topological polar surface area (TPSA) is 52.7 Å². The molecule has 0 saturated heterocycles. The van der Waals surface area contributed by atoms with E-state index < -0.39 is 35.5 Å². The van der Waals surface area contributed by atoms with Gasteiger partial charge in [0.2, 0.25) is 5.91 Å². The van der Waals surface area contributed by atoms with E-state index in [1.807, 2.05) is 30.3 Å². The predicted molar refractivity (Wildman–Crippen MR) is 131 cm³/mol. The molecule has 3 amide bonds. The molecule has 0 aromatic heterocycles. The third kappa shape index (κ3) is 6.55. The average molecular weight is 512 g/mol. The van der Waals surface area contributed by atoms with Gasteiger partial charge in [-0.1, -0.05) is 72.8 Å². The number of halogens is 4. The zero-order valence-electron chi connectivity index (χ0n) is 19.8. The molecule has 0 spiro atoms. The maximum atomic E-state index is 13.8. The molecule has 3 aromatic rings. The molecule has 0 unspecified atom stereocenters. The monoisotopic (exact) mass is 511 g/mol. The first-order valence-electron chi connectivity index (χ1n) is 11.7. The van der Waals surface area contributed by atoms with Crippen LogP contribution in [0.4, 0.5) is 22.4 Å². The van der Waals surface area contributed by atoms with Gasteiger partial charge in [0.05, 0.1) is 11.6 Å². The molecule has 0 bridgehead atoms. The van der Waals surface area contributed by atoms with Gasteiger partial charge >= 0.3 is 12.2 Å². The van der Waals surface area contributed by atoms with Crippen molar-refractivity contribution in [3.05, 3.63) is 119 Å². The van der Waals surface area contributed by atoms with E-state index in [4.69, 9.17) is 0 Å². The second-order valence-electron chi connectivity index (χ2n) is 8.63. The van der Waals surface area contributed by atoms with Gasteiger partial charge in [0.25, 0.3) is 0 Å². The van der Waals surface area contributed by atoms with Crippen LogP contribution in [0.25, 0.3) is 0 Å². The molecule has 37 heavy (non-hydrogen) atoms. The number of carbonyl (C=O) groups excluding carboxylic acids is 2. The molecule has 9 heteroatoms. The molecule has 3 aromatic carbocycles. The lowest BCUT2D eigenvalue weighted by Crippen LogP contribution is -2.48. The molecule has 0 radical (unpaired) electrons.